The van der Waals surface area contributed by atoms with Gasteiger partial charge in [-0.3, -0.25) is 14.3 Å². The van der Waals surface area contributed by atoms with Crippen molar-refractivity contribution in [3.05, 3.63) is 52.6 Å². The van der Waals surface area contributed by atoms with Crippen molar-refractivity contribution in [2.45, 2.75) is 44.9 Å². The van der Waals surface area contributed by atoms with Crippen LogP contribution in [0.1, 0.15) is 40.2 Å². The normalized spacial score (nSPS) is 15.8. The lowest BCUT2D eigenvalue weighted by atomic mass is 10.1. The summed E-state index contributed by atoms with van der Waals surface area (Å²) in [4.78, 5) is 24.5. The van der Waals surface area contributed by atoms with Crippen LogP contribution >= 0.6 is 0 Å². The average Bonchev–Trinajstić information content (AvgIpc) is 3.43. The fourth-order valence-corrected chi connectivity index (χ4v) is 3.34. The monoisotopic (exact) mass is 386 g/mol. The number of rotatable bonds is 7. The summed E-state index contributed by atoms with van der Waals surface area (Å²) in [6, 6.07) is 6.50. The predicted molar refractivity (Wildman–Crippen MR) is 99.2 cm³/mol. The fraction of sp³-hybridized carbons (Fsp3) is 0.450. The third-order valence-corrected chi connectivity index (χ3v) is 4.98. The summed E-state index contributed by atoms with van der Waals surface area (Å²) in [7, 11) is 0. The van der Waals surface area contributed by atoms with E-state index in [1.165, 1.54) is 6.07 Å². The second-order valence-corrected chi connectivity index (χ2v) is 7.17. The lowest BCUT2D eigenvalue weighted by molar-refractivity contribution is -0.120. The Labute approximate surface area is 162 Å². The van der Waals surface area contributed by atoms with E-state index in [1.807, 2.05) is 0 Å². The van der Waals surface area contributed by atoms with Crippen molar-refractivity contribution < 1.29 is 18.7 Å². The number of benzene rings is 1. The molecule has 4 rings (SSSR count). The van der Waals surface area contributed by atoms with Gasteiger partial charge in [0.1, 0.15) is 5.82 Å². The molecule has 1 aliphatic carbocycles. The van der Waals surface area contributed by atoms with E-state index in [0.29, 0.717) is 44.0 Å². The van der Waals surface area contributed by atoms with Gasteiger partial charge in [-0.05, 0) is 24.5 Å². The largest absolute Gasteiger partial charge is 0.376 e. The van der Waals surface area contributed by atoms with Crippen LogP contribution in [0.2, 0.25) is 0 Å². The molecule has 0 atom stereocenters. The van der Waals surface area contributed by atoms with Gasteiger partial charge in [0, 0.05) is 30.3 Å². The quantitative estimate of drug-likeness (QED) is 0.752. The van der Waals surface area contributed by atoms with Gasteiger partial charge < -0.3 is 15.4 Å². The van der Waals surface area contributed by atoms with Crippen LogP contribution in [0.4, 0.5) is 4.39 Å². The summed E-state index contributed by atoms with van der Waals surface area (Å²) in [5, 5.41) is 10.2. The number of ether oxygens (including phenoxy) is 1. The number of halogens is 1. The van der Waals surface area contributed by atoms with Crippen LogP contribution in [0.15, 0.2) is 24.3 Å². The number of amides is 2. The Morgan fingerprint density at radius 2 is 2.11 bits per heavy atom. The average molecular weight is 386 g/mol. The number of carbonyl (C=O) groups excluding carboxylic acids is 2. The molecule has 1 saturated carbocycles. The molecule has 0 saturated heterocycles. The minimum absolute atomic E-state index is 0.00717. The molecule has 148 valence electrons. The van der Waals surface area contributed by atoms with Gasteiger partial charge in [0.25, 0.3) is 5.91 Å². The summed E-state index contributed by atoms with van der Waals surface area (Å²) in [6.07, 6.45) is 2.70. The zero-order valence-corrected chi connectivity index (χ0v) is 15.5. The Hall–Kier alpha value is -2.74. The van der Waals surface area contributed by atoms with E-state index in [4.69, 9.17) is 4.74 Å². The molecule has 1 aliphatic heterocycles. The standard InChI is InChI=1S/C20H23FN4O3/c21-16-4-2-1-3-13(16)11-18(26)22-8-9-25-17-7-10-28-12-15(17)19(24-25)20(27)23-14-5-6-14/h1-4,14H,5-12H2,(H,22,26)(H,23,27). The van der Waals surface area contributed by atoms with Crippen molar-refractivity contribution in [1.29, 1.82) is 0 Å². The highest BCUT2D eigenvalue weighted by Gasteiger charge is 2.29. The summed E-state index contributed by atoms with van der Waals surface area (Å²) < 4.78 is 20.9. The molecular formula is C20H23FN4O3. The number of nitrogens with zero attached hydrogens (tertiary/aromatic N) is 2. The molecule has 0 unspecified atom stereocenters. The lowest BCUT2D eigenvalue weighted by Gasteiger charge is -2.15. The van der Waals surface area contributed by atoms with Crippen LogP contribution in [0, 0.1) is 5.82 Å². The Bertz CT molecular complexity index is 892. The van der Waals surface area contributed by atoms with Crippen molar-refractivity contribution in [2.24, 2.45) is 0 Å². The maximum atomic E-state index is 13.7. The van der Waals surface area contributed by atoms with Crippen LogP contribution in [0.25, 0.3) is 0 Å². The molecule has 1 aromatic carbocycles. The number of aromatic nitrogens is 2. The molecule has 2 amide bonds. The minimum Gasteiger partial charge on any atom is -0.376 e. The molecule has 2 aliphatic rings. The van der Waals surface area contributed by atoms with E-state index < -0.39 is 0 Å². The summed E-state index contributed by atoms with van der Waals surface area (Å²) in [5.74, 6) is -0.794. The minimum atomic E-state index is -0.384. The lowest BCUT2D eigenvalue weighted by Crippen LogP contribution is -2.30. The Morgan fingerprint density at radius 3 is 2.89 bits per heavy atom. The first-order chi connectivity index (χ1) is 13.6. The van der Waals surface area contributed by atoms with Gasteiger partial charge in [-0.1, -0.05) is 18.2 Å². The summed E-state index contributed by atoms with van der Waals surface area (Å²) >= 11 is 0. The van der Waals surface area contributed by atoms with Crippen molar-refractivity contribution >= 4 is 11.8 Å². The second-order valence-electron chi connectivity index (χ2n) is 7.17. The molecule has 2 aromatic rings. The number of hydrogen-bond donors (Lipinski definition) is 2. The Morgan fingerprint density at radius 1 is 1.29 bits per heavy atom. The molecule has 28 heavy (non-hydrogen) atoms. The molecule has 1 aromatic heterocycles. The van der Waals surface area contributed by atoms with Crippen molar-refractivity contribution in [3.8, 4) is 0 Å². The van der Waals surface area contributed by atoms with E-state index in [0.717, 1.165) is 24.1 Å². The van der Waals surface area contributed by atoms with Crippen LogP contribution in [-0.2, 0) is 35.5 Å². The van der Waals surface area contributed by atoms with Crippen LogP contribution in [0.5, 0.6) is 0 Å². The third kappa shape index (κ3) is 4.22. The van der Waals surface area contributed by atoms with Gasteiger partial charge in [-0.15, -0.1) is 0 Å². The van der Waals surface area contributed by atoms with E-state index in [1.54, 1.807) is 22.9 Å². The third-order valence-electron chi connectivity index (χ3n) is 4.98. The van der Waals surface area contributed by atoms with E-state index in [9.17, 15) is 14.0 Å². The highest BCUT2D eigenvalue weighted by atomic mass is 19.1. The summed E-state index contributed by atoms with van der Waals surface area (Å²) in [6.45, 7) is 1.76. The topological polar surface area (TPSA) is 85.2 Å². The van der Waals surface area contributed by atoms with E-state index in [2.05, 4.69) is 15.7 Å². The first-order valence-corrected chi connectivity index (χ1v) is 9.59. The smallest absolute Gasteiger partial charge is 0.272 e. The first-order valence-electron chi connectivity index (χ1n) is 9.59. The molecular weight excluding hydrogens is 363 g/mol. The molecule has 7 nitrogen and oxygen atoms in total. The van der Waals surface area contributed by atoms with Crippen LogP contribution in [-0.4, -0.2) is 40.8 Å². The SMILES string of the molecule is O=C(Cc1ccccc1F)NCCn1nc(C(=O)NC2CC2)c2c1CCOC2. The van der Waals surface area contributed by atoms with Crippen LogP contribution < -0.4 is 10.6 Å². The maximum absolute atomic E-state index is 13.7. The Balaban J connectivity index is 1.37. The number of hydrogen-bond acceptors (Lipinski definition) is 4. The van der Waals surface area contributed by atoms with Gasteiger partial charge in [0.15, 0.2) is 5.69 Å². The number of carbonyl (C=O) groups is 2. The van der Waals surface area contributed by atoms with Crippen molar-refractivity contribution in [2.75, 3.05) is 13.2 Å². The number of fused-ring (bicyclic) bond motifs is 1. The predicted octanol–water partition coefficient (Wildman–Crippen LogP) is 1.35. The molecule has 0 spiro atoms. The molecule has 0 radical (unpaired) electrons. The molecule has 8 heteroatoms. The Kier molecular flexibility index (Phi) is 5.38. The van der Waals surface area contributed by atoms with Crippen molar-refractivity contribution in [1.82, 2.24) is 20.4 Å². The first kappa shape index (κ1) is 18.6. The van der Waals surface area contributed by atoms with Crippen molar-refractivity contribution in [3.63, 3.8) is 0 Å². The molecule has 2 heterocycles. The molecule has 2 N–H and O–H groups in total. The highest BCUT2D eigenvalue weighted by molar-refractivity contribution is 5.94. The molecule has 1 fully saturated rings. The second kappa shape index (κ2) is 8.10. The van der Waals surface area contributed by atoms with Crippen LogP contribution in [0.3, 0.4) is 0 Å². The number of nitrogens with one attached hydrogen (secondary N) is 2. The zero-order chi connectivity index (χ0) is 19.5. The zero-order valence-electron chi connectivity index (χ0n) is 15.5. The fourth-order valence-electron chi connectivity index (χ4n) is 3.34. The summed E-state index contributed by atoms with van der Waals surface area (Å²) in [5.41, 5.74) is 2.60. The molecule has 0 bridgehead atoms. The van der Waals surface area contributed by atoms with Gasteiger partial charge in [0.05, 0.1) is 26.2 Å². The van der Waals surface area contributed by atoms with E-state index >= 15 is 0 Å². The highest BCUT2D eigenvalue weighted by Crippen LogP contribution is 2.23. The van der Waals surface area contributed by atoms with Gasteiger partial charge in [-0.25, -0.2) is 4.39 Å². The van der Waals surface area contributed by atoms with E-state index in [-0.39, 0.29) is 30.1 Å². The van der Waals surface area contributed by atoms with Gasteiger partial charge in [-0.2, -0.15) is 5.10 Å². The maximum Gasteiger partial charge on any atom is 0.272 e. The van der Waals surface area contributed by atoms with Gasteiger partial charge in [0.2, 0.25) is 5.91 Å². The van der Waals surface area contributed by atoms with Gasteiger partial charge >= 0.3 is 0 Å².